The Hall–Kier alpha value is -0.750. The number of aromatic nitrogens is 4. The van der Waals surface area contributed by atoms with Gasteiger partial charge in [-0.15, -0.1) is 0 Å². The lowest BCUT2D eigenvalue weighted by Crippen LogP contribution is -2.32. The number of nitrogens with two attached hydrogens (primary N) is 1. The van der Waals surface area contributed by atoms with Crippen molar-refractivity contribution < 1.29 is 14.9 Å². The molecule has 1 fully saturated rings. The van der Waals surface area contributed by atoms with E-state index in [-0.39, 0.29) is 11.1 Å². The van der Waals surface area contributed by atoms with Gasteiger partial charge < -0.3 is 20.7 Å². The molecule has 4 atom stereocenters. The van der Waals surface area contributed by atoms with Crippen molar-refractivity contribution in [2.45, 2.75) is 24.5 Å². The molecule has 0 amide bonds. The number of fused-ring (bicyclic) bond motifs is 1. The van der Waals surface area contributed by atoms with Crippen molar-refractivity contribution in [1.29, 1.82) is 0 Å². The highest BCUT2D eigenvalue weighted by Gasteiger charge is 2.43. The first-order chi connectivity index (χ1) is 9.52. The normalized spacial score (nSPS) is 30.2. The van der Waals surface area contributed by atoms with Crippen LogP contribution in [-0.4, -0.2) is 52.5 Å². The largest absolute Gasteiger partial charge is 0.387 e. The average Bonchev–Trinajstić information content (AvgIpc) is 2.93. The topological polar surface area (TPSA) is 119 Å². The van der Waals surface area contributed by atoms with Crippen molar-refractivity contribution in [3.05, 3.63) is 11.6 Å². The number of aliphatic hydroxyl groups excluding tert-OH is 2. The van der Waals surface area contributed by atoms with Gasteiger partial charge in [-0.25, -0.2) is 4.98 Å². The molecule has 10 heteroatoms. The fourth-order valence-corrected chi connectivity index (χ4v) is 3.08. The molecule has 20 heavy (non-hydrogen) atoms. The van der Waals surface area contributed by atoms with E-state index in [0.717, 1.165) is 0 Å². The van der Waals surface area contributed by atoms with Crippen LogP contribution in [0, 0.1) is 0 Å². The molecular formula is C10H11ClIN5O3. The monoisotopic (exact) mass is 411 g/mol. The summed E-state index contributed by atoms with van der Waals surface area (Å²) in [5.41, 5.74) is 6.45. The maximum absolute atomic E-state index is 10.1. The van der Waals surface area contributed by atoms with Gasteiger partial charge in [-0.1, -0.05) is 22.6 Å². The van der Waals surface area contributed by atoms with E-state index in [1.54, 1.807) is 0 Å². The van der Waals surface area contributed by atoms with Gasteiger partial charge in [0.15, 0.2) is 17.7 Å². The molecule has 0 aliphatic carbocycles. The Labute approximate surface area is 132 Å². The van der Waals surface area contributed by atoms with Crippen molar-refractivity contribution >= 4 is 51.2 Å². The first kappa shape index (κ1) is 14.2. The Morgan fingerprint density at radius 2 is 2.15 bits per heavy atom. The lowest BCUT2D eigenvalue weighted by Gasteiger charge is -2.16. The van der Waals surface area contributed by atoms with Crippen LogP contribution in [0.4, 0.5) is 5.82 Å². The van der Waals surface area contributed by atoms with Gasteiger partial charge in [-0.3, -0.25) is 4.57 Å². The molecule has 108 valence electrons. The summed E-state index contributed by atoms with van der Waals surface area (Å²) in [5.74, 6) is 0.150. The van der Waals surface area contributed by atoms with Gasteiger partial charge in [-0.05, 0) is 11.6 Å². The molecule has 0 bridgehead atoms. The maximum Gasteiger partial charge on any atom is 0.226 e. The van der Waals surface area contributed by atoms with E-state index in [1.165, 1.54) is 10.9 Å². The summed E-state index contributed by atoms with van der Waals surface area (Å²) in [5, 5.41) is 20.0. The van der Waals surface area contributed by atoms with Gasteiger partial charge >= 0.3 is 0 Å². The van der Waals surface area contributed by atoms with Crippen molar-refractivity contribution in [2.24, 2.45) is 0 Å². The van der Waals surface area contributed by atoms with Crippen molar-refractivity contribution in [3.8, 4) is 0 Å². The Balaban J connectivity index is 2.07. The Bertz CT molecular complexity index is 653. The lowest BCUT2D eigenvalue weighted by atomic mass is 10.1. The molecule has 3 heterocycles. The summed E-state index contributed by atoms with van der Waals surface area (Å²) >= 11 is 7.87. The number of halogens is 2. The highest BCUT2D eigenvalue weighted by atomic mass is 127. The number of hydrogen-bond donors (Lipinski definition) is 3. The third-order valence-electron chi connectivity index (χ3n) is 3.18. The molecule has 0 saturated carbocycles. The van der Waals surface area contributed by atoms with Crippen LogP contribution in [0.25, 0.3) is 11.2 Å². The van der Waals surface area contributed by atoms with E-state index in [4.69, 9.17) is 22.1 Å². The fourth-order valence-electron chi connectivity index (χ4n) is 2.18. The molecule has 2 aromatic heterocycles. The van der Waals surface area contributed by atoms with Crippen LogP contribution in [0.1, 0.15) is 6.23 Å². The zero-order valence-electron chi connectivity index (χ0n) is 10.0. The maximum atomic E-state index is 10.1. The number of nitrogen functional groups attached to an aromatic ring is 1. The highest BCUT2D eigenvalue weighted by molar-refractivity contribution is 14.1. The quantitative estimate of drug-likeness (QED) is 0.365. The minimum absolute atomic E-state index is 0.0183. The molecular weight excluding hydrogens is 400 g/mol. The Morgan fingerprint density at radius 1 is 1.40 bits per heavy atom. The minimum Gasteiger partial charge on any atom is -0.387 e. The van der Waals surface area contributed by atoms with Gasteiger partial charge in [0, 0.05) is 4.43 Å². The van der Waals surface area contributed by atoms with Crippen LogP contribution in [-0.2, 0) is 4.74 Å². The second-order valence-corrected chi connectivity index (χ2v) is 5.62. The second-order valence-electron chi connectivity index (χ2n) is 4.40. The predicted octanol–water partition coefficient (Wildman–Crippen LogP) is 0.116. The number of imidazole rings is 1. The number of ether oxygens (including phenoxy) is 1. The van der Waals surface area contributed by atoms with Gasteiger partial charge in [0.1, 0.15) is 17.7 Å². The molecule has 8 nitrogen and oxygen atoms in total. The average molecular weight is 412 g/mol. The molecule has 0 aromatic carbocycles. The van der Waals surface area contributed by atoms with Crippen LogP contribution in [0.2, 0.25) is 5.28 Å². The summed E-state index contributed by atoms with van der Waals surface area (Å²) in [4.78, 5) is 12.0. The number of aliphatic hydroxyl groups is 2. The first-order valence-corrected chi connectivity index (χ1v) is 7.66. The van der Waals surface area contributed by atoms with Gasteiger partial charge in [-0.2, -0.15) is 9.97 Å². The highest BCUT2D eigenvalue weighted by Crippen LogP contribution is 2.32. The van der Waals surface area contributed by atoms with E-state index in [2.05, 4.69) is 37.5 Å². The number of anilines is 1. The zero-order chi connectivity index (χ0) is 14.4. The summed E-state index contributed by atoms with van der Waals surface area (Å²) in [7, 11) is 0. The third-order valence-corrected chi connectivity index (χ3v) is 4.22. The van der Waals surface area contributed by atoms with Crippen LogP contribution in [0.15, 0.2) is 6.33 Å². The van der Waals surface area contributed by atoms with Crippen LogP contribution >= 0.6 is 34.2 Å². The summed E-state index contributed by atoms with van der Waals surface area (Å²) in [6, 6.07) is 0. The van der Waals surface area contributed by atoms with Crippen LogP contribution in [0.3, 0.4) is 0 Å². The summed E-state index contributed by atoms with van der Waals surface area (Å²) < 4.78 is 7.69. The molecule has 0 radical (unpaired) electrons. The predicted molar refractivity (Wildman–Crippen MR) is 79.6 cm³/mol. The van der Waals surface area contributed by atoms with Crippen LogP contribution < -0.4 is 5.73 Å². The third kappa shape index (κ3) is 2.13. The van der Waals surface area contributed by atoms with E-state index in [1.807, 2.05) is 0 Å². The van der Waals surface area contributed by atoms with E-state index in [0.29, 0.717) is 15.6 Å². The van der Waals surface area contributed by atoms with E-state index in [9.17, 15) is 10.2 Å². The number of rotatable bonds is 2. The van der Waals surface area contributed by atoms with Gasteiger partial charge in [0.2, 0.25) is 5.28 Å². The molecule has 0 spiro atoms. The minimum atomic E-state index is -1.08. The van der Waals surface area contributed by atoms with Crippen LogP contribution in [0.5, 0.6) is 0 Å². The Morgan fingerprint density at radius 3 is 2.80 bits per heavy atom. The molecule has 4 N–H and O–H groups in total. The first-order valence-electron chi connectivity index (χ1n) is 5.76. The zero-order valence-corrected chi connectivity index (χ0v) is 12.9. The van der Waals surface area contributed by atoms with Gasteiger partial charge in [0.05, 0.1) is 12.4 Å². The van der Waals surface area contributed by atoms with Gasteiger partial charge in [0.25, 0.3) is 0 Å². The number of nitrogens with zero attached hydrogens (tertiary/aromatic N) is 4. The van der Waals surface area contributed by atoms with E-state index < -0.39 is 24.5 Å². The molecule has 1 aliphatic heterocycles. The SMILES string of the molecule is Nc1nc(Cl)nc2c1ncn2[C@@H]1O[C@H](CI)[C@@H](O)[C@H]1O. The molecule has 3 rings (SSSR count). The molecule has 2 aromatic rings. The summed E-state index contributed by atoms with van der Waals surface area (Å²) in [6.07, 6.45) is -1.86. The standard InChI is InChI=1S/C10H11ClIN5O3/c11-10-15-7(13)4-8(16-10)17(2-14-4)9-6(19)5(18)3(1-12)20-9/h2-3,5-6,9,18-19H,1H2,(H2,13,15,16)/t3-,5-,6-,9-/m1/s1. The van der Waals surface area contributed by atoms with Crippen molar-refractivity contribution in [3.63, 3.8) is 0 Å². The fraction of sp³-hybridized carbons (Fsp3) is 0.500. The smallest absolute Gasteiger partial charge is 0.226 e. The second kappa shape index (κ2) is 5.22. The van der Waals surface area contributed by atoms with Crippen molar-refractivity contribution in [2.75, 3.05) is 10.2 Å². The Kier molecular flexibility index (Phi) is 3.71. The molecule has 1 saturated heterocycles. The lowest BCUT2D eigenvalue weighted by molar-refractivity contribution is -0.0283. The van der Waals surface area contributed by atoms with E-state index >= 15 is 0 Å². The van der Waals surface area contributed by atoms with Crippen molar-refractivity contribution in [1.82, 2.24) is 19.5 Å². The summed E-state index contributed by atoms with van der Waals surface area (Å²) in [6.45, 7) is 0. The molecule has 1 aliphatic rings. The molecule has 0 unspecified atom stereocenters. The number of alkyl halides is 1. The number of hydrogen-bond acceptors (Lipinski definition) is 7.